The smallest absolute Gasteiger partial charge is 0.222 e. The van der Waals surface area contributed by atoms with Crippen molar-refractivity contribution in [2.24, 2.45) is 0 Å². The first-order chi connectivity index (χ1) is 5.31. The second kappa shape index (κ2) is 2.46. The summed E-state index contributed by atoms with van der Waals surface area (Å²) in [6, 6.07) is 0. The van der Waals surface area contributed by atoms with E-state index >= 15 is 0 Å². The van der Waals surface area contributed by atoms with Gasteiger partial charge in [0.25, 0.3) is 0 Å². The first kappa shape index (κ1) is 7.06. The Hall–Kier alpha value is -0.610. The molecule has 0 saturated carbocycles. The van der Waals surface area contributed by atoms with Gasteiger partial charge < -0.3 is 15.4 Å². The molecule has 4 nitrogen and oxygen atoms in total. The van der Waals surface area contributed by atoms with Crippen LogP contribution in [0.25, 0.3) is 0 Å². The van der Waals surface area contributed by atoms with Crippen LogP contribution in [0.1, 0.15) is 6.42 Å². The molecule has 1 spiro atoms. The summed E-state index contributed by atoms with van der Waals surface area (Å²) in [4.78, 5) is 11.1. The molecule has 0 aromatic carbocycles. The molecule has 0 aromatic rings. The average molecular weight is 156 g/mol. The summed E-state index contributed by atoms with van der Waals surface area (Å²) in [5.41, 5.74) is -0.0272. The standard InChI is InChI=1S/C7H12N2O2/c10-6-3-7(4-11-5-7)9-2-1-8-6/h9H,1-5H2,(H,8,10). The van der Waals surface area contributed by atoms with E-state index in [-0.39, 0.29) is 11.4 Å². The Morgan fingerprint density at radius 3 is 2.82 bits per heavy atom. The lowest BCUT2D eigenvalue weighted by molar-refractivity contribution is -0.129. The lowest BCUT2D eigenvalue weighted by Crippen LogP contribution is -2.60. The number of ether oxygens (including phenoxy) is 1. The fourth-order valence-corrected chi connectivity index (χ4v) is 1.51. The molecule has 11 heavy (non-hydrogen) atoms. The van der Waals surface area contributed by atoms with E-state index in [9.17, 15) is 4.79 Å². The third-order valence-electron chi connectivity index (χ3n) is 2.20. The number of hydrogen-bond donors (Lipinski definition) is 2. The summed E-state index contributed by atoms with van der Waals surface area (Å²) < 4.78 is 5.08. The zero-order chi connectivity index (χ0) is 7.73. The number of carbonyl (C=O) groups excluding carboxylic acids is 1. The minimum atomic E-state index is -0.0272. The van der Waals surface area contributed by atoms with Gasteiger partial charge in [-0.1, -0.05) is 0 Å². The minimum absolute atomic E-state index is 0.0272. The molecular weight excluding hydrogens is 144 g/mol. The van der Waals surface area contributed by atoms with Gasteiger partial charge >= 0.3 is 0 Å². The number of amides is 1. The fraction of sp³-hybridized carbons (Fsp3) is 0.857. The fourth-order valence-electron chi connectivity index (χ4n) is 1.51. The van der Waals surface area contributed by atoms with E-state index in [4.69, 9.17) is 4.74 Å². The monoisotopic (exact) mass is 156 g/mol. The average Bonchev–Trinajstić information content (AvgIpc) is 2.09. The number of nitrogens with one attached hydrogen (secondary N) is 2. The Bertz CT molecular complexity index is 177. The SMILES string of the molecule is O=C1CC2(COC2)NCCN1. The molecule has 2 rings (SSSR count). The van der Waals surface area contributed by atoms with Gasteiger partial charge in [-0.3, -0.25) is 4.79 Å². The van der Waals surface area contributed by atoms with Crippen LogP contribution in [0.4, 0.5) is 0 Å². The van der Waals surface area contributed by atoms with Crippen LogP contribution >= 0.6 is 0 Å². The Labute approximate surface area is 65.3 Å². The highest BCUT2D eigenvalue weighted by Gasteiger charge is 2.40. The highest BCUT2D eigenvalue weighted by molar-refractivity contribution is 5.77. The number of hydrogen-bond acceptors (Lipinski definition) is 3. The van der Waals surface area contributed by atoms with E-state index in [1.807, 2.05) is 0 Å². The van der Waals surface area contributed by atoms with Crippen molar-refractivity contribution in [1.82, 2.24) is 10.6 Å². The van der Waals surface area contributed by atoms with Crippen molar-refractivity contribution in [3.05, 3.63) is 0 Å². The maximum absolute atomic E-state index is 11.1. The summed E-state index contributed by atoms with van der Waals surface area (Å²) in [7, 11) is 0. The Morgan fingerprint density at radius 1 is 1.36 bits per heavy atom. The van der Waals surface area contributed by atoms with Crippen LogP contribution in [-0.2, 0) is 9.53 Å². The van der Waals surface area contributed by atoms with Crippen LogP contribution in [-0.4, -0.2) is 37.7 Å². The zero-order valence-corrected chi connectivity index (χ0v) is 6.35. The molecule has 0 bridgehead atoms. The van der Waals surface area contributed by atoms with Crippen molar-refractivity contribution in [2.45, 2.75) is 12.0 Å². The van der Waals surface area contributed by atoms with E-state index in [2.05, 4.69) is 10.6 Å². The van der Waals surface area contributed by atoms with Crippen molar-refractivity contribution < 1.29 is 9.53 Å². The molecule has 0 radical (unpaired) electrons. The summed E-state index contributed by atoms with van der Waals surface area (Å²) in [5.74, 6) is 0.137. The van der Waals surface area contributed by atoms with Crippen molar-refractivity contribution in [3.8, 4) is 0 Å². The van der Waals surface area contributed by atoms with Gasteiger partial charge in [-0.15, -0.1) is 0 Å². The number of rotatable bonds is 0. The lowest BCUT2D eigenvalue weighted by Gasteiger charge is -2.40. The quantitative estimate of drug-likeness (QED) is 0.466. The zero-order valence-electron chi connectivity index (χ0n) is 6.35. The molecule has 1 amide bonds. The molecule has 2 fully saturated rings. The van der Waals surface area contributed by atoms with Crippen molar-refractivity contribution in [1.29, 1.82) is 0 Å². The Balaban J connectivity index is 2.03. The molecule has 2 N–H and O–H groups in total. The third-order valence-corrected chi connectivity index (χ3v) is 2.20. The summed E-state index contributed by atoms with van der Waals surface area (Å²) in [5, 5.41) is 6.13. The van der Waals surface area contributed by atoms with E-state index in [0.29, 0.717) is 19.6 Å². The lowest BCUT2D eigenvalue weighted by atomic mass is 9.93. The van der Waals surface area contributed by atoms with Crippen molar-refractivity contribution in [2.75, 3.05) is 26.3 Å². The van der Waals surface area contributed by atoms with E-state index in [1.165, 1.54) is 0 Å². The maximum Gasteiger partial charge on any atom is 0.222 e. The summed E-state index contributed by atoms with van der Waals surface area (Å²) in [6.45, 7) is 2.95. The Kier molecular flexibility index (Phi) is 1.58. The van der Waals surface area contributed by atoms with Gasteiger partial charge in [0.1, 0.15) is 0 Å². The second-order valence-electron chi connectivity index (χ2n) is 3.23. The topological polar surface area (TPSA) is 50.4 Å². The van der Waals surface area contributed by atoms with E-state index < -0.39 is 0 Å². The van der Waals surface area contributed by atoms with Crippen LogP contribution in [0.15, 0.2) is 0 Å². The maximum atomic E-state index is 11.1. The van der Waals surface area contributed by atoms with Gasteiger partial charge in [0.05, 0.1) is 18.8 Å². The van der Waals surface area contributed by atoms with Crippen LogP contribution < -0.4 is 10.6 Å². The highest BCUT2D eigenvalue weighted by Crippen LogP contribution is 2.21. The van der Waals surface area contributed by atoms with Crippen molar-refractivity contribution in [3.63, 3.8) is 0 Å². The third kappa shape index (κ3) is 1.23. The molecule has 4 heteroatoms. The highest BCUT2D eigenvalue weighted by atomic mass is 16.5. The van der Waals surface area contributed by atoms with Gasteiger partial charge in [-0.25, -0.2) is 0 Å². The Morgan fingerprint density at radius 2 is 2.18 bits per heavy atom. The summed E-state index contributed by atoms with van der Waals surface area (Å²) in [6.07, 6.45) is 0.562. The molecule has 0 aliphatic carbocycles. The largest absolute Gasteiger partial charge is 0.377 e. The first-order valence-corrected chi connectivity index (χ1v) is 3.90. The van der Waals surface area contributed by atoms with Gasteiger partial charge in [-0.2, -0.15) is 0 Å². The van der Waals surface area contributed by atoms with Crippen LogP contribution in [0.3, 0.4) is 0 Å². The normalized spacial score (nSPS) is 28.9. The minimum Gasteiger partial charge on any atom is -0.377 e. The van der Waals surface area contributed by atoms with Crippen molar-refractivity contribution >= 4 is 5.91 Å². The molecule has 0 unspecified atom stereocenters. The molecule has 0 atom stereocenters. The second-order valence-corrected chi connectivity index (χ2v) is 3.23. The van der Waals surface area contributed by atoms with Gasteiger partial charge in [0, 0.05) is 19.5 Å². The molecule has 2 heterocycles. The predicted molar refractivity (Wildman–Crippen MR) is 39.2 cm³/mol. The van der Waals surface area contributed by atoms with E-state index in [0.717, 1.165) is 13.1 Å². The van der Waals surface area contributed by atoms with Gasteiger partial charge in [-0.05, 0) is 0 Å². The predicted octanol–water partition coefficient (Wildman–Crippen LogP) is -1.14. The molecule has 0 aromatic heterocycles. The van der Waals surface area contributed by atoms with Crippen LogP contribution in [0.2, 0.25) is 0 Å². The molecular formula is C7H12N2O2. The molecule has 2 aliphatic heterocycles. The molecule has 2 aliphatic rings. The summed E-state index contributed by atoms with van der Waals surface area (Å²) >= 11 is 0. The van der Waals surface area contributed by atoms with Gasteiger partial charge in [0.2, 0.25) is 5.91 Å². The van der Waals surface area contributed by atoms with E-state index in [1.54, 1.807) is 0 Å². The molecule has 62 valence electrons. The number of carbonyl (C=O) groups is 1. The van der Waals surface area contributed by atoms with Gasteiger partial charge in [0.15, 0.2) is 0 Å². The first-order valence-electron chi connectivity index (χ1n) is 3.90. The molecule has 2 saturated heterocycles. The van der Waals surface area contributed by atoms with Crippen LogP contribution in [0, 0.1) is 0 Å². The van der Waals surface area contributed by atoms with Crippen LogP contribution in [0.5, 0.6) is 0 Å².